The van der Waals surface area contributed by atoms with Crippen LogP contribution in [0.5, 0.6) is 5.75 Å². The zero-order chi connectivity index (χ0) is 20.6. The Bertz CT molecular complexity index is 758. The Kier molecular flexibility index (Phi) is 8.21. The predicted octanol–water partition coefficient (Wildman–Crippen LogP) is 0.0709. The summed E-state index contributed by atoms with van der Waals surface area (Å²) in [4.78, 5) is 25.1. The summed E-state index contributed by atoms with van der Waals surface area (Å²) in [7, 11) is -0.706. The highest BCUT2D eigenvalue weighted by Crippen LogP contribution is 2.20. The van der Waals surface area contributed by atoms with Gasteiger partial charge in [0.05, 0.1) is 25.7 Å². The molecule has 2 rings (SSSR count). The SMILES string of the molecule is COC(=O)CCCNC(=O)CN1CCN(S(=O)(=O)c2ccc(OC)cc2)CC1. The molecule has 9 nitrogen and oxygen atoms in total. The first-order chi connectivity index (χ1) is 13.4. The number of ether oxygens (including phenoxy) is 2. The van der Waals surface area contributed by atoms with Crippen LogP contribution in [0.1, 0.15) is 12.8 Å². The van der Waals surface area contributed by atoms with Crippen LogP contribution in [0.2, 0.25) is 0 Å². The van der Waals surface area contributed by atoms with Crippen LogP contribution in [0.25, 0.3) is 0 Å². The summed E-state index contributed by atoms with van der Waals surface area (Å²) >= 11 is 0. The lowest BCUT2D eigenvalue weighted by atomic mass is 10.3. The zero-order valence-corrected chi connectivity index (χ0v) is 17.0. The van der Waals surface area contributed by atoms with Gasteiger partial charge in [-0.3, -0.25) is 14.5 Å². The van der Waals surface area contributed by atoms with Crippen LogP contribution >= 0.6 is 0 Å². The van der Waals surface area contributed by atoms with E-state index in [-0.39, 0.29) is 29.7 Å². The highest BCUT2D eigenvalue weighted by atomic mass is 32.2. The number of nitrogens with zero attached hydrogens (tertiary/aromatic N) is 2. The second-order valence-electron chi connectivity index (χ2n) is 6.39. The van der Waals surface area contributed by atoms with E-state index in [0.29, 0.717) is 44.9 Å². The lowest BCUT2D eigenvalue weighted by molar-refractivity contribution is -0.140. The minimum Gasteiger partial charge on any atom is -0.497 e. The highest BCUT2D eigenvalue weighted by Gasteiger charge is 2.29. The topological polar surface area (TPSA) is 105 Å². The molecule has 1 aromatic carbocycles. The number of hydrogen-bond donors (Lipinski definition) is 1. The molecule has 0 spiro atoms. The van der Waals surface area contributed by atoms with Crippen molar-refractivity contribution < 1.29 is 27.5 Å². The van der Waals surface area contributed by atoms with Gasteiger partial charge < -0.3 is 14.8 Å². The maximum absolute atomic E-state index is 12.7. The van der Waals surface area contributed by atoms with E-state index < -0.39 is 10.0 Å². The van der Waals surface area contributed by atoms with Crippen LogP contribution < -0.4 is 10.1 Å². The molecule has 0 unspecified atom stereocenters. The number of amides is 1. The van der Waals surface area contributed by atoms with Crippen LogP contribution in [-0.4, -0.2) is 83.0 Å². The summed E-state index contributed by atoms with van der Waals surface area (Å²) in [6.07, 6.45) is 0.783. The first-order valence-electron chi connectivity index (χ1n) is 9.07. The molecule has 0 aromatic heterocycles. The molecule has 0 bridgehead atoms. The van der Waals surface area contributed by atoms with Gasteiger partial charge in [-0.05, 0) is 30.7 Å². The summed E-state index contributed by atoms with van der Waals surface area (Å²) in [6.45, 7) is 2.21. The molecule has 1 saturated heterocycles. The van der Waals surface area contributed by atoms with E-state index >= 15 is 0 Å². The zero-order valence-electron chi connectivity index (χ0n) is 16.2. The van der Waals surface area contributed by atoms with Crippen molar-refractivity contribution in [2.45, 2.75) is 17.7 Å². The number of piperazine rings is 1. The predicted molar refractivity (Wildman–Crippen MR) is 102 cm³/mol. The molecule has 28 heavy (non-hydrogen) atoms. The minimum absolute atomic E-state index is 0.142. The standard InChI is InChI=1S/C18H27N3O6S/c1-26-15-5-7-16(8-6-15)28(24,25)21-12-10-20(11-13-21)14-17(22)19-9-3-4-18(23)27-2/h5-8H,3-4,9-14H2,1-2H3,(H,19,22). The van der Waals surface area contributed by atoms with E-state index in [4.69, 9.17) is 4.74 Å². The van der Waals surface area contributed by atoms with Gasteiger partial charge in [0.2, 0.25) is 15.9 Å². The maximum atomic E-state index is 12.7. The van der Waals surface area contributed by atoms with Crippen LogP contribution in [0.3, 0.4) is 0 Å². The van der Waals surface area contributed by atoms with Gasteiger partial charge in [0.15, 0.2) is 0 Å². The van der Waals surface area contributed by atoms with Gasteiger partial charge in [0.25, 0.3) is 0 Å². The van der Waals surface area contributed by atoms with Crippen LogP contribution in [0.4, 0.5) is 0 Å². The van der Waals surface area contributed by atoms with Crippen molar-refractivity contribution in [3.05, 3.63) is 24.3 Å². The second kappa shape index (κ2) is 10.4. The van der Waals surface area contributed by atoms with E-state index in [2.05, 4.69) is 10.1 Å². The number of esters is 1. The Morgan fingerprint density at radius 1 is 1.07 bits per heavy atom. The highest BCUT2D eigenvalue weighted by molar-refractivity contribution is 7.89. The Labute approximate surface area is 165 Å². The molecule has 1 aliphatic rings. The average Bonchev–Trinajstić information content (AvgIpc) is 2.71. The quantitative estimate of drug-likeness (QED) is 0.451. The lowest BCUT2D eigenvalue weighted by Crippen LogP contribution is -2.51. The Hall–Kier alpha value is -2.17. The minimum atomic E-state index is -3.56. The number of carbonyl (C=O) groups is 2. The molecule has 0 radical (unpaired) electrons. The van der Waals surface area contributed by atoms with Crippen LogP contribution in [0, 0.1) is 0 Å². The number of carbonyl (C=O) groups excluding carboxylic acids is 2. The van der Waals surface area contributed by atoms with E-state index in [1.807, 2.05) is 4.90 Å². The van der Waals surface area contributed by atoms with Gasteiger partial charge in [-0.2, -0.15) is 4.31 Å². The van der Waals surface area contributed by atoms with E-state index in [9.17, 15) is 18.0 Å². The molecule has 10 heteroatoms. The first-order valence-corrected chi connectivity index (χ1v) is 10.5. The molecular formula is C18H27N3O6S. The normalized spacial score (nSPS) is 15.8. The molecule has 1 N–H and O–H groups in total. The van der Waals surface area contributed by atoms with Crippen molar-refractivity contribution in [3.63, 3.8) is 0 Å². The summed E-state index contributed by atoms with van der Waals surface area (Å²) in [5.41, 5.74) is 0. The fourth-order valence-corrected chi connectivity index (χ4v) is 4.27. The van der Waals surface area contributed by atoms with Gasteiger partial charge in [-0.1, -0.05) is 0 Å². The van der Waals surface area contributed by atoms with E-state index in [0.717, 1.165) is 0 Å². The van der Waals surface area contributed by atoms with Crippen molar-refractivity contribution >= 4 is 21.9 Å². The lowest BCUT2D eigenvalue weighted by Gasteiger charge is -2.33. The molecule has 1 aliphatic heterocycles. The van der Waals surface area contributed by atoms with Crippen molar-refractivity contribution in [3.8, 4) is 5.75 Å². The molecule has 1 amide bonds. The number of sulfonamides is 1. The van der Waals surface area contributed by atoms with Crippen molar-refractivity contribution in [2.75, 3.05) is 53.5 Å². The van der Waals surface area contributed by atoms with Gasteiger partial charge in [-0.15, -0.1) is 0 Å². The summed E-state index contributed by atoms with van der Waals surface area (Å²) in [5.74, 6) is 0.154. The van der Waals surface area contributed by atoms with Gasteiger partial charge >= 0.3 is 5.97 Å². The van der Waals surface area contributed by atoms with Gasteiger partial charge in [0.1, 0.15) is 5.75 Å². The third kappa shape index (κ3) is 6.18. The van der Waals surface area contributed by atoms with Gasteiger partial charge in [0, 0.05) is 39.1 Å². The maximum Gasteiger partial charge on any atom is 0.305 e. The van der Waals surface area contributed by atoms with Gasteiger partial charge in [-0.25, -0.2) is 8.42 Å². The average molecular weight is 413 g/mol. The number of methoxy groups -OCH3 is 2. The molecule has 1 fully saturated rings. The molecular weight excluding hydrogens is 386 g/mol. The largest absolute Gasteiger partial charge is 0.497 e. The number of benzene rings is 1. The Morgan fingerprint density at radius 2 is 1.71 bits per heavy atom. The second-order valence-corrected chi connectivity index (χ2v) is 8.32. The number of hydrogen-bond acceptors (Lipinski definition) is 7. The van der Waals surface area contributed by atoms with Crippen LogP contribution in [0.15, 0.2) is 29.2 Å². The van der Waals surface area contributed by atoms with E-state index in [1.54, 1.807) is 12.1 Å². The Morgan fingerprint density at radius 3 is 2.29 bits per heavy atom. The smallest absolute Gasteiger partial charge is 0.305 e. The third-order valence-corrected chi connectivity index (χ3v) is 6.42. The first kappa shape index (κ1) is 22.1. The molecule has 156 valence electrons. The summed E-state index contributed by atoms with van der Waals surface area (Å²) < 4.78 is 36.5. The van der Waals surface area contributed by atoms with Crippen LogP contribution in [-0.2, 0) is 24.3 Å². The molecule has 0 saturated carbocycles. The summed E-state index contributed by atoms with van der Waals surface area (Å²) in [5, 5.41) is 2.76. The molecule has 0 atom stereocenters. The van der Waals surface area contributed by atoms with Crippen molar-refractivity contribution in [1.29, 1.82) is 0 Å². The van der Waals surface area contributed by atoms with Crippen molar-refractivity contribution in [1.82, 2.24) is 14.5 Å². The fraction of sp³-hybridized carbons (Fsp3) is 0.556. The fourth-order valence-electron chi connectivity index (χ4n) is 2.85. The Balaban J connectivity index is 1.77. The molecule has 1 heterocycles. The molecule has 1 aromatic rings. The van der Waals surface area contributed by atoms with Crippen molar-refractivity contribution in [2.24, 2.45) is 0 Å². The monoisotopic (exact) mass is 413 g/mol. The third-order valence-electron chi connectivity index (χ3n) is 4.50. The number of rotatable bonds is 9. The molecule has 0 aliphatic carbocycles. The summed E-state index contributed by atoms with van der Waals surface area (Å²) in [6, 6.07) is 6.30. The van der Waals surface area contributed by atoms with E-state index in [1.165, 1.54) is 30.7 Å². The number of nitrogens with one attached hydrogen (secondary N) is 1.